The number of alkyl halides is 3. The third kappa shape index (κ3) is 6.54. The van der Waals surface area contributed by atoms with Gasteiger partial charge in [-0.15, -0.1) is 0 Å². The first-order valence-corrected chi connectivity index (χ1v) is 6.02. The van der Waals surface area contributed by atoms with Crippen LogP contribution in [0.15, 0.2) is 18.2 Å². The minimum Gasteiger partial charge on any atom is -0.495 e. The predicted molar refractivity (Wildman–Crippen MR) is 68.0 cm³/mol. The summed E-state index contributed by atoms with van der Waals surface area (Å²) in [7, 11) is 1.52. The Morgan fingerprint density at radius 1 is 1.32 bits per heavy atom. The summed E-state index contributed by atoms with van der Waals surface area (Å²) in [6.45, 7) is -0.654. The summed E-state index contributed by atoms with van der Waals surface area (Å²) in [5.74, 6) is 0.570. The van der Waals surface area contributed by atoms with Gasteiger partial charge in [-0.2, -0.15) is 13.2 Å². The molecule has 19 heavy (non-hydrogen) atoms. The summed E-state index contributed by atoms with van der Waals surface area (Å²) in [4.78, 5) is 0. The van der Waals surface area contributed by atoms with Crippen molar-refractivity contribution in [2.75, 3.05) is 32.2 Å². The summed E-state index contributed by atoms with van der Waals surface area (Å²) < 4.78 is 44.8. The van der Waals surface area contributed by atoms with Crippen molar-refractivity contribution >= 4 is 17.3 Å². The van der Waals surface area contributed by atoms with Crippen LogP contribution in [-0.2, 0) is 4.74 Å². The van der Waals surface area contributed by atoms with Crippen LogP contribution in [0.3, 0.4) is 0 Å². The normalized spacial score (nSPS) is 11.4. The molecule has 0 amide bonds. The molecule has 0 spiro atoms. The number of benzene rings is 1. The Hall–Kier alpha value is -1.14. The molecule has 1 aromatic rings. The first-order valence-electron chi connectivity index (χ1n) is 5.64. The molecule has 0 aliphatic carbocycles. The Morgan fingerprint density at radius 3 is 2.63 bits per heavy atom. The van der Waals surface area contributed by atoms with Crippen LogP contribution < -0.4 is 10.1 Å². The Balaban J connectivity index is 2.21. The van der Waals surface area contributed by atoms with Crippen LogP contribution in [0.2, 0.25) is 5.02 Å². The van der Waals surface area contributed by atoms with Crippen molar-refractivity contribution in [3.05, 3.63) is 23.2 Å². The number of hydrogen-bond donors (Lipinski definition) is 1. The van der Waals surface area contributed by atoms with Crippen LogP contribution in [0, 0.1) is 0 Å². The highest BCUT2D eigenvalue weighted by atomic mass is 35.5. The molecule has 0 aromatic heterocycles. The average Bonchev–Trinajstić information content (AvgIpc) is 2.32. The molecule has 1 aromatic carbocycles. The van der Waals surface area contributed by atoms with Crippen LogP contribution in [0.25, 0.3) is 0 Å². The number of hydrogen-bond acceptors (Lipinski definition) is 3. The maximum atomic E-state index is 11.8. The number of ether oxygens (including phenoxy) is 2. The molecule has 108 valence electrons. The van der Waals surface area contributed by atoms with Crippen LogP contribution in [-0.4, -0.2) is 33.0 Å². The van der Waals surface area contributed by atoms with E-state index in [1.54, 1.807) is 18.2 Å². The minimum atomic E-state index is -4.27. The summed E-state index contributed by atoms with van der Waals surface area (Å²) in [5.41, 5.74) is 0.779. The Kier molecular flexibility index (Phi) is 6.24. The lowest BCUT2D eigenvalue weighted by atomic mass is 10.3. The van der Waals surface area contributed by atoms with E-state index in [2.05, 4.69) is 10.1 Å². The highest BCUT2D eigenvalue weighted by molar-refractivity contribution is 6.32. The second-order valence-corrected chi connectivity index (χ2v) is 4.20. The van der Waals surface area contributed by atoms with Gasteiger partial charge in [-0.25, -0.2) is 0 Å². The van der Waals surface area contributed by atoms with E-state index in [-0.39, 0.29) is 6.61 Å². The van der Waals surface area contributed by atoms with Gasteiger partial charge in [-0.1, -0.05) is 11.6 Å². The van der Waals surface area contributed by atoms with Crippen molar-refractivity contribution < 1.29 is 22.6 Å². The quantitative estimate of drug-likeness (QED) is 0.778. The lowest BCUT2D eigenvalue weighted by Gasteiger charge is -2.10. The number of nitrogens with one attached hydrogen (secondary N) is 1. The Morgan fingerprint density at radius 2 is 2.05 bits per heavy atom. The van der Waals surface area contributed by atoms with Crippen molar-refractivity contribution in [1.29, 1.82) is 0 Å². The van der Waals surface area contributed by atoms with E-state index in [0.717, 1.165) is 5.69 Å². The number of rotatable bonds is 7. The molecule has 0 bridgehead atoms. The van der Waals surface area contributed by atoms with E-state index in [1.165, 1.54) is 7.11 Å². The van der Waals surface area contributed by atoms with E-state index < -0.39 is 12.8 Å². The van der Waals surface area contributed by atoms with Gasteiger partial charge in [-0.3, -0.25) is 0 Å². The zero-order valence-corrected chi connectivity index (χ0v) is 11.1. The van der Waals surface area contributed by atoms with E-state index in [9.17, 15) is 13.2 Å². The lowest BCUT2D eigenvalue weighted by molar-refractivity contribution is -0.173. The minimum absolute atomic E-state index is 0.0520. The van der Waals surface area contributed by atoms with Crippen LogP contribution >= 0.6 is 11.6 Å². The molecule has 0 aliphatic rings. The van der Waals surface area contributed by atoms with Crippen molar-refractivity contribution in [2.45, 2.75) is 12.6 Å². The van der Waals surface area contributed by atoms with Crippen molar-refractivity contribution in [1.82, 2.24) is 0 Å². The molecule has 0 atom stereocenters. The number of halogens is 4. The van der Waals surface area contributed by atoms with Crippen molar-refractivity contribution in [3.8, 4) is 5.75 Å². The number of methoxy groups -OCH3 is 1. The zero-order valence-electron chi connectivity index (χ0n) is 10.4. The molecule has 0 aliphatic heterocycles. The van der Waals surface area contributed by atoms with E-state index in [4.69, 9.17) is 16.3 Å². The summed E-state index contributed by atoms with van der Waals surface area (Å²) in [5, 5.41) is 3.51. The van der Waals surface area contributed by atoms with E-state index in [1.807, 2.05) is 0 Å². The maximum Gasteiger partial charge on any atom is 0.411 e. The molecular formula is C12H15ClF3NO2. The maximum absolute atomic E-state index is 11.8. The molecule has 0 saturated heterocycles. The van der Waals surface area contributed by atoms with Crippen LogP contribution in [0.5, 0.6) is 5.75 Å². The van der Waals surface area contributed by atoms with Gasteiger partial charge in [0, 0.05) is 18.8 Å². The molecule has 0 radical (unpaired) electrons. The lowest BCUT2D eigenvalue weighted by Crippen LogP contribution is -2.18. The highest BCUT2D eigenvalue weighted by Crippen LogP contribution is 2.27. The molecule has 0 fully saturated rings. The topological polar surface area (TPSA) is 30.5 Å². The highest BCUT2D eigenvalue weighted by Gasteiger charge is 2.27. The number of anilines is 1. The van der Waals surface area contributed by atoms with Gasteiger partial charge in [0.15, 0.2) is 0 Å². The molecule has 0 unspecified atom stereocenters. The van der Waals surface area contributed by atoms with Gasteiger partial charge in [0.05, 0.1) is 12.1 Å². The summed E-state index contributed by atoms with van der Waals surface area (Å²) in [6, 6.07) is 5.18. The molecule has 3 nitrogen and oxygen atoms in total. The van der Waals surface area contributed by atoms with Crippen molar-refractivity contribution in [3.63, 3.8) is 0 Å². The van der Waals surface area contributed by atoms with Crippen molar-refractivity contribution in [2.24, 2.45) is 0 Å². The smallest absolute Gasteiger partial charge is 0.411 e. The first kappa shape index (κ1) is 15.9. The van der Waals surface area contributed by atoms with Gasteiger partial charge >= 0.3 is 6.18 Å². The molecule has 1 N–H and O–H groups in total. The standard InChI is InChI=1S/C12H15ClF3NO2/c1-18-11-4-3-9(7-10(11)13)17-5-2-6-19-8-12(14,15)16/h3-4,7,17H,2,5-6,8H2,1H3. The first-order chi connectivity index (χ1) is 8.92. The monoisotopic (exact) mass is 297 g/mol. The van der Waals surface area contributed by atoms with Gasteiger partial charge in [0.2, 0.25) is 0 Å². The van der Waals surface area contributed by atoms with Crippen LogP contribution in [0.4, 0.5) is 18.9 Å². The molecule has 7 heteroatoms. The predicted octanol–water partition coefficient (Wildman–Crippen LogP) is 3.73. The fourth-order valence-electron chi connectivity index (χ4n) is 1.37. The Labute approximate surface area is 114 Å². The fourth-order valence-corrected chi connectivity index (χ4v) is 1.63. The molecule has 0 heterocycles. The summed E-state index contributed by atoms with van der Waals surface area (Å²) in [6.07, 6.45) is -3.79. The third-order valence-corrected chi connectivity index (χ3v) is 2.51. The van der Waals surface area contributed by atoms with E-state index in [0.29, 0.717) is 23.7 Å². The van der Waals surface area contributed by atoms with Gasteiger partial charge in [0.25, 0.3) is 0 Å². The second-order valence-electron chi connectivity index (χ2n) is 3.80. The van der Waals surface area contributed by atoms with Gasteiger partial charge < -0.3 is 14.8 Å². The Bertz CT molecular complexity index is 399. The molecule has 1 rings (SSSR count). The van der Waals surface area contributed by atoms with E-state index >= 15 is 0 Å². The largest absolute Gasteiger partial charge is 0.495 e. The average molecular weight is 298 g/mol. The summed E-state index contributed by atoms with van der Waals surface area (Å²) >= 11 is 5.93. The SMILES string of the molecule is COc1ccc(NCCCOCC(F)(F)F)cc1Cl. The molecule has 0 saturated carbocycles. The third-order valence-electron chi connectivity index (χ3n) is 2.21. The van der Waals surface area contributed by atoms with Gasteiger partial charge in [-0.05, 0) is 24.6 Å². The second kappa shape index (κ2) is 7.45. The fraction of sp³-hybridized carbons (Fsp3) is 0.500. The van der Waals surface area contributed by atoms with Crippen LogP contribution in [0.1, 0.15) is 6.42 Å². The zero-order chi connectivity index (χ0) is 14.3. The molecular weight excluding hydrogens is 283 g/mol. The van der Waals surface area contributed by atoms with Gasteiger partial charge in [0.1, 0.15) is 12.4 Å².